The summed E-state index contributed by atoms with van der Waals surface area (Å²) >= 11 is 0. The Morgan fingerprint density at radius 2 is 2.29 bits per heavy atom. The maximum atomic E-state index is 12.1. The first-order valence-corrected chi connectivity index (χ1v) is 8.21. The fourth-order valence-corrected chi connectivity index (χ4v) is 3.05. The number of carbonyl (C=O) groups excluding carboxylic acids is 1. The minimum absolute atomic E-state index is 0.111. The molecule has 1 fully saturated rings. The summed E-state index contributed by atoms with van der Waals surface area (Å²) in [6, 6.07) is 2.00. The zero-order valence-corrected chi connectivity index (χ0v) is 14.3. The summed E-state index contributed by atoms with van der Waals surface area (Å²) in [7, 11) is 0. The van der Waals surface area contributed by atoms with Crippen LogP contribution in [0.5, 0.6) is 0 Å². The molecule has 0 saturated carbocycles. The number of fused-ring (bicyclic) bond motifs is 1. The smallest absolute Gasteiger partial charge is 0.412 e. The van der Waals surface area contributed by atoms with Crippen molar-refractivity contribution in [1.29, 1.82) is 0 Å². The van der Waals surface area contributed by atoms with Crippen LogP contribution in [0.15, 0.2) is 24.7 Å². The van der Waals surface area contributed by atoms with Crippen molar-refractivity contribution in [2.75, 3.05) is 23.4 Å². The number of carbonyl (C=O) groups is 1. The highest BCUT2D eigenvalue weighted by atomic mass is 16.6. The van der Waals surface area contributed by atoms with Gasteiger partial charge in [0.25, 0.3) is 0 Å². The highest BCUT2D eigenvalue weighted by Crippen LogP contribution is 2.29. The van der Waals surface area contributed by atoms with E-state index in [4.69, 9.17) is 4.74 Å². The van der Waals surface area contributed by atoms with Crippen LogP contribution in [-0.4, -0.2) is 45.4 Å². The van der Waals surface area contributed by atoms with E-state index in [1.54, 1.807) is 6.20 Å². The average Bonchev–Trinajstić information content (AvgIpc) is 3.13. The SMILES string of the molecule is CC(C)(C)OC(=O)Nc1cc(N2CCC[C@@H]2CO)cn2ccnc12. The van der Waals surface area contributed by atoms with E-state index in [1.165, 1.54) is 0 Å². The Morgan fingerprint density at radius 1 is 1.50 bits per heavy atom. The van der Waals surface area contributed by atoms with Crippen molar-refractivity contribution in [1.82, 2.24) is 9.38 Å². The van der Waals surface area contributed by atoms with Gasteiger partial charge in [-0.3, -0.25) is 5.32 Å². The number of imidazole rings is 1. The van der Waals surface area contributed by atoms with Crippen LogP contribution in [0.4, 0.5) is 16.2 Å². The molecule has 0 aliphatic carbocycles. The van der Waals surface area contributed by atoms with Gasteiger partial charge in [0.2, 0.25) is 0 Å². The maximum Gasteiger partial charge on any atom is 0.412 e. The van der Waals surface area contributed by atoms with Crippen LogP contribution < -0.4 is 10.2 Å². The van der Waals surface area contributed by atoms with Gasteiger partial charge in [-0.05, 0) is 39.7 Å². The molecule has 24 heavy (non-hydrogen) atoms. The van der Waals surface area contributed by atoms with Gasteiger partial charge in [-0.2, -0.15) is 0 Å². The van der Waals surface area contributed by atoms with Crippen molar-refractivity contribution in [3.63, 3.8) is 0 Å². The lowest BCUT2D eigenvalue weighted by Gasteiger charge is -2.26. The number of amides is 1. The first-order valence-electron chi connectivity index (χ1n) is 8.21. The van der Waals surface area contributed by atoms with Crippen LogP contribution in [0.2, 0.25) is 0 Å². The molecule has 0 aromatic carbocycles. The minimum Gasteiger partial charge on any atom is -0.444 e. The molecule has 0 radical (unpaired) electrons. The topological polar surface area (TPSA) is 79.1 Å². The molecule has 2 aromatic rings. The van der Waals surface area contributed by atoms with Gasteiger partial charge in [0.15, 0.2) is 5.65 Å². The lowest BCUT2D eigenvalue weighted by atomic mass is 10.2. The quantitative estimate of drug-likeness (QED) is 0.903. The normalized spacial score (nSPS) is 18.2. The van der Waals surface area contributed by atoms with Gasteiger partial charge in [0.1, 0.15) is 5.60 Å². The third kappa shape index (κ3) is 3.46. The first kappa shape index (κ1) is 16.6. The van der Waals surface area contributed by atoms with Gasteiger partial charge < -0.3 is 19.1 Å². The summed E-state index contributed by atoms with van der Waals surface area (Å²) in [5.74, 6) is 0. The molecule has 0 spiro atoms. The van der Waals surface area contributed by atoms with Crippen LogP contribution in [-0.2, 0) is 4.74 Å². The molecular formula is C17H24N4O3. The molecule has 2 N–H and O–H groups in total. The predicted octanol–water partition coefficient (Wildman–Crippen LogP) is 2.64. The fourth-order valence-electron chi connectivity index (χ4n) is 3.05. The van der Waals surface area contributed by atoms with Crippen molar-refractivity contribution >= 4 is 23.1 Å². The van der Waals surface area contributed by atoms with Crippen molar-refractivity contribution in [2.24, 2.45) is 0 Å². The molecule has 1 amide bonds. The number of pyridine rings is 1. The molecule has 1 atom stereocenters. The van der Waals surface area contributed by atoms with Crippen LogP contribution >= 0.6 is 0 Å². The van der Waals surface area contributed by atoms with Crippen LogP contribution in [0, 0.1) is 0 Å². The summed E-state index contributed by atoms with van der Waals surface area (Å²) < 4.78 is 7.20. The van der Waals surface area contributed by atoms with Crippen LogP contribution in [0.25, 0.3) is 5.65 Å². The van der Waals surface area contributed by atoms with Gasteiger partial charge in [-0.25, -0.2) is 9.78 Å². The monoisotopic (exact) mass is 332 g/mol. The number of hydrogen-bond acceptors (Lipinski definition) is 5. The number of aliphatic hydroxyl groups excluding tert-OH is 1. The molecular weight excluding hydrogens is 308 g/mol. The molecule has 1 saturated heterocycles. The number of ether oxygens (including phenoxy) is 1. The van der Waals surface area contributed by atoms with Gasteiger partial charge in [0, 0.05) is 25.1 Å². The molecule has 130 valence electrons. The van der Waals surface area contributed by atoms with Gasteiger partial charge >= 0.3 is 6.09 Å². The highest BCUT2D eigenvalue weighted by Gasteiger charge is 2.25. The van der Waals surface area contributed by atoms with E-state index in [1.807, 2.05) is 43.6 Å². The summed E-state index contributed by atoms with van der Waals surface area (Å²) in [4.78, 5) is 18.6. The number of rotatable bonds is 3. The standard InChI is InChI=1S/C17H24N4O3/c1-17(2,3)24-16(23)19-14-9-13(10-20-8-6-18-15(14)20)21-7-4-5-12(21)11-22/h6,8-10,12,22H,4-5,7,11H2,1-3H3,(H,19,23)/t12-/m1/s1. The molecule has 7 nitrogen and oxygen atoms in total. The molecule has 1 aliphatic heterocycles. The van der Waals surface area contributed by atoms with E-state index in [0.717, 1.165) is 25.1 Å². The Bertz CT molecular complexity index is 735. The van der Waals surface area contributed by atoms with Crippen LogP contribution in [0.3, 0.4) is 0 Å². The Hall–Kier alpha value is -2.28. The van der Waals surface area contributed by atoms with E-state index >= 15 is 0 Å². The zero-order chi connectivity index (χ0) is 17.3. The first-order chi connectivity index (χ1) is 11.4. The Kier molecular flexibility index (Phi) is 4.36. The van der Waals surface area contributed by atoms with Crippen molar-refractivity contribution in [2.45, 2.75) is 45.3 Å². The fraction of sp³-hybridized carbons (Fsp3) is 0.529. The summed E-state index contributed by atoms with van der Waals surface area (Å²) in [5, 5.41) is 12.4. The Balaban J connectivity index is 1.92. The van der Waals surface area contributed by atoms with Crippen molar-refractivity contribution in [3.05, 3.63) is 24.7 Å². The molecule has 1 aliphatic rings. The number of aromatic nitrogens is 2. The molecule has 7 heteroatoms. The lowest BCUT2D eigenvalue weighted by molar-refractivity contribution is 0.0636. The van der Waals surface area contributed by atoms with Gasteiger partial charge in [-0.1, -0.05) is 0 Å². The van der Waals surface area contributed by atoms with Crippen molar-refractivity contribution in [3.8, 4) is 0 Å². The van der Waals surface area contributed by atoms with Gasteiger partial charge in [0.05, 0.1) is 24.0 Å². The molecule has 3 heterocycles. The number of hydrogen-bond donors (Lipinski definition) is 2. The molecule has 3 rings (SSSR count). The van der Waals surface area contributed by atoms with E-state index in [9.17, 15) is 9.90 Å². The van der Waals surface area contributed by atoms with E-state index in [2.05, 4.69) is 15.2 Å². The Morgan fingerprint density at radius 3 is 3.00 bits per heavy atom. The second-order valence-corrected chi connectivity index (χ2v) is 7.07. The second-order valence-electron chi connectivity index (χ2n) is 7.07. The number of anilines is 2. The average molecular weight is 332 g/mol. The van der Waals surface area contributed by atoms with E-state index in [0.29, 0.717) is 11.3 Å². The predicted molar refractivity (Wildman–Crippen MR) is 92.5 cm³/mol. The molecule has 0 bridgehead atoms. The summed E-state index contributed by atoms with van der Waals surface area (Å²) in [5.41, 5.74) is 1.63. The molecule has 2 aromatic heterocycles. The Labute approximate surface area is 141 Å². The number of nitrogens with one attached hydrogen (secondary N) is 1. The molecule has 0 unspecified atom stereocenters. The number of nitrogens with zero attached hydrogens (tertiary/aromatic N) is 3. The maximum absolute atomic E-state index is 12.1. The third-order valence-electron chi connectivity index (χ3n) is 4.03. The minimum atomic E-state index is -0.565. The lowest BCUT2D eigenvalue weighted by Crippen LogP contribution is -2.32. The highest BCUT2D eigenvalue weighted by molar-refractivity contribution is 5.91. The number of aliphatic hydroxyl groups is 1. The third-order valence-corrected chi connectivity index (χ3v) is 4.03. The largest absolute Gasteiger partial charge is 0.444 e. The van der Waals surface area contributed by atoms with Crippen molar-refractivity contribution < 1.29 is 14.6 Å². The van der Waals surface area contributed by atoms with Gasteiger partial charge in [-0.15, -0.1) is 0 Å². The zero-order valence-electron chi connectivity index (χ0n) is 14.3. The second kappa shape index (κ2) is 6.32. The summed E-state index contributed by atoms with van der Waals surface area (Å²) in [6.07, 6.45) is 6.99. The van der Waals surface area contributed by atoms with Crippen LogP contribution in [0.1, 0.15) is 33.6 Å². The van der Waals surface area contributed by atoms with E-state index < -0.39 is 11.7 Å². The summed E-state index contributed by atoms with van der Waals surface area (Å²) in [6.45, 7) is 6.48. The van der Waals surface area contributed by atoms with E-state index in [-0.39, 0.29) is 12.6 Å².